The Bertz CT molecular complexity index is 528. The van der Waals surface area contributed by atoms with Gasteiger partial charge in [-0.15, -0.1) is 0 Å². The molecule has 1 heterocycles. The van der Waals surface area contributed by atoms with Crippen molar-refractivity contribution in [3.63, 3.8) is 0 Å². The molecule has 0 aliphatic carbocycles. The molecule has 0 saturated heterocycles. The molecule has 1 atom stereocenters. The standard InChI is InChI=1S/C16H23N3O2/c1-11(2)18-15(20)7-8-19-10-13-6-4-3-5-12(13)9-14(19)16(17)21/h3-6,11,14H,7-10H2,1-2H3,(H2,17,21)(H,18,20)/t14-/m0/s1. The maximum atomic E-state index is 11.8. The molecule has 5 nitrogen and oxygen atoms in total. The zero-order valence-corrected chi connectivity index (χ0v) is 12.6. The lowest BCUT2D eigenvalue weighted by atomic mass is 9.93. The van der Waals surface area contributed by atoms with Gasteiger partial charge in [0.15, 0.2) is 0 Å². The molecular formula is C16H23N3O2. The molecule has 0 aromatic heterocycles. The molecule has 0 bridgehead atoms. The lowest BCUT2D eigenvalue weighted by Gasteiger charge is -2.34. The summed E-state index contributed by atoms with van der Waals surface area (Å²) in [5.74, 6) is -0.319. The van der Waals surface area contributed by atoms with Gasteiger partial charge in [-0.05, 0) is 31.4 Å². The topological polar surface area (TPSA) is 75.4 Å². The van der Waals surface area contributed by atoms with E-state index < -0.39 is 0 Å². The second-order valence-corrected chi connectivity index (χ2v) is 5.83. The average molecular weight is 289 g/mol. The first kappa shape index (κ1) is 15.5. The van der Waals surface area contributed by atoms with Gasteiger partial charge in [-0.3, -0.25) is 14.5 Å². The van der Waals surface area contributed by atoms with Crippen molar-refractivity contribution in [2.45, 2.75) is 45.3 Å². The molecule has 1 aliphatic heterocycles. The summed E-state index contributed by atoms with van der Waals surface area (Å²) < 4.78 is 0. The third-order valence-electron chi connectivity index (χ3n) is 3.75. The predicted octanol–water partition coefficient (Wildman–Crippen LogP) is 0.813. The molecular weight excluding hydrogens is 266 g/mol. The second-order valence-electron chi connectivity index (χ2n) is 5.83. The molecule has 2 rings (SSSR count). The molecule has 21 heavy (non-hydrogen) atoms. The molecule has 1 aromatic rings. The summed E-state index contributed by atoms with van der Waals surface area (Å²) in [4.78, 5) is 25.4. The summed E-state index contributed by atoms with van der Waals surface area (Å²) in [6, 6.07) is 7.87. The molecule has 5 heteroatoms. The van der Waals surface area contributed by atoms with Crippen LogP contribution in [0.25, 0.3) is 0 Å². The Morgan fingerprint density at radius 3 is 2.62 bits per heavy atom. The second kappa shape index (κ2) is 6.72. The number of rotatable bonds is 5. The van der Waals surface area contributed by atoms with E-state index in [4.69, 9.17) is 5.73 Å². The Hall–Kier alpha value is -1.88. The minimum Gasteiger partial charge on any atom is -0.368 e. The van der Waals surface area contributed by atoms with Crippen LogP contribution in [0.5, 0.6) is 0 Å². The first-order valence-electron chi connectivity index (χ1n) is 7.37. The normalized spacial score (nSPS) is 18.3. The van der Waals surface area contributed by atoms with Crippen LogP contribution >= 0.6 is 0 Å². The zero-order chi connectivity index (χ0) is 15.4. The molecule has 0 unspecified atom stereocenters. The molecule has 2 amide bonds. The maximum absolute atomic E-state index is 11.8. The lowest BCUT2D eigenvalue weighted by Crippen LogP contribution is -2.49. The number of nitrogens with one attached hydrogen (secondary N) is 1. The lowest BCUT2D eigenvalue weighted by molar-refractivity contribution is -0.126. The number of hydrogen-bond acceptors (Lipinski definition) is 3. The number of nitrogens with zero attached hydrogens (tertiary/aromatic N) is 1. The van der Waals surface area contributed by atoms with Crippen molar-refractivity contribution in [1.82, 2.24) is 10.2 Å². The van der Waals surface area contributed by atoms with Gasteiger partial charge in [-0.2, -0.15) is 0 Å². The summed E-state index contributed by atoms with van der Waals surface area (Å²) in [5, 5.41) is 2.86. The summed E-state index contributed by atoms with van der Waals surface area (Å²) in [6.07, 6.45) is 1.00. The molecule has 1 aromatic carbocycles. The quantitative estimate of drug-likeness (QED) is 0.842. The van der Waals surface area contributed by atoms with E-state index in [-0.39, 0.29) is 23.9 Å². The fourth-order valence-corrected chi connectivity index (χ4v) is 2.73. The highest BCUT2D eigenvalue weighted by atomic mass is 16.2. The Labute approximate surface area is 125 Å². The first-order chi connectivity index (χ1) is 9.97. The number of primary amides is 1. The highest BCUT2D eigenvalue weighted by Gasteiger charge is 2.29. The van der Waals surface area contributed by atoms with Gasteiger partial charge in [0.1, 0.15) is 0 Å². The van der Waals surface area contributed by atoms with E-state index in [2.05, 4.69) is 11.4 Å². The number of hydrogen-bond donors (Lipinski definition) is 2. The average Bonchev–Trinajstić information content (AvgIpc) is 2.43. The van der Waals surface area contributed by atoms with Crippen molar-refractivity contribution in [2.75, 3.05) is 6.54 Å². The van der Waals surface area contributed by atoms with E-state index >= 15 is 0 Å². The Balaban J connectivity index is 2.03. The number of benzene rings is 1. The summed E-state index contributed by atoms with van der Waals surface area (Å²) >= 11 is 0. The van der Waals surface area contributed by atoms with E-state index in [1.807, 2.05) is 36.9 Å². The highest BCUT2D eigenvalue weighted by molar-refractivity contribution is 5.81. The van der Waals surface area contributed by atoms with Crippen LogP contribution in [0.3, 0.4) is 0 Å². The number of carbonyl (C=O) groups excluding carboxylic acids is 2. The minimum absolute atomic E-state index is 0.00655. The van der Waals surface area contributed by atoms with E-state index in [0.717, 1.165) is 0 Å². The molecule has 1 aliphatic rings. The fourth-order valence-electron chi connectivity index (χ4n) is 2.73. The van der Waals surface area contributed by atoms with Crippen LogP contribution in [0.2, 0.25) is 0 Å². The molecule has 0 saturated carbocycles. The molecule has 0 radical (unpaired) electrons. The van der Waals surface area contributed by atoms with Gasteiger partial charge in [0.05, 0.1) is 6.04 Å². The van der Waals surface area contributed by atoms with Crippen LogP contribution in [-0.4, -0.2) is 35.3 Å². The van der Waals surface area contributed by atoms with Crippen molar-refractivity contribution in [1.29, 1.82) is 0 Å². The van der Waals surface area contributed by atoms with E-state index in [9.17, 15) is 9.59 Å². The van der Waals surface area contributed by atoms with Gasteiger partial charge in [0, 0.05) is 25.6 Å². The number of fused-ring (bicyclic) bond motifs is 1. The van der Waals surface area contributed by atoms with Gasteiger partial charge in [0.2, 0.25) is 11.8 Å². The van der Waals surface area contributed by atoms with E-state index in [1.54, 1.807) is 0 Å². The van der Waals surface area contributed by atoms with Crippen molar-refractivity contribution >= 4 is 11.8 Å². The Morgan fingerprint density at radius 1 is 1.33 bits per heavy atom. The fraction of sp³-hybridized carbons (Fsp3) is 0.500. The molecule has 3 N–H and O–H groups in total. The monoisotopic (exact) mass is 289 g/mol. The van der Waals surface area contributed by atoms with E-state index in [1.165, 1.54) is 11.1 Å². The zero-order valence-electron chi connectivity index (χ0n) is 12.6. The minimum atomic E-state index is -0.327. The van der Waals surface area contributed by atoms with Crippen LogP contribution in [-0.2, 0) is 22.6 Å². The number of carbonyl (C=O) groups is 2. The van der Waals surface area contributed by atoms with Crippen LogP contribution in [0.4, 0.5) is 0 Å². The summed E-state index contributed by atoms with van der Waals surface area (Å²) in [7, 11) is 0. The predicted molar refractivity (Wildman–Crippen MR) is 81.4 cm³/mol. The Kier molecular flexibility index (Phi) is 4.96. The third-order valence-corrected chi connectivity index (χ3v) is 3.75. The van der Waals surface area contributed by atoms with Crippen molar-refractivity contribution < 1.29 is 9.59 Å². The number of nitrogens with two attached hydrogens (primary N) is 1. The highest BCUT2D eigenvalue weighted by Crippen LogP contribution is 2.23. The summed E-state index contributed by atoms with van der Waals surface area (Å²) in [6.45, 7) is 5.07. The SMILES string of the molecule is CC(C)NC(=O)CCN1Cc2ccccc2C[C@H]1C(N)=O. The molecule has 0 spiro atoms. The molecule has 114 valence electrons. The van der Waals surface area contributed by atoms with Gasteiger partial charge in [0.25, 0.3) is 0 Å². The van der Waals surface area contributed by atoms with Gasteiger partial charge < -0.3 is 11.1 Å². The summed E-state index contributed by atoms with van der Waals surface area (Å²) in [5.41, 5.74) is 7.90. The first-order valence-corrected chi connectivity index (χ1v) is 7.37. The third kappa shape index (κ3) is 4.04. The molecule has 0 fully saturated rings. The van der Waals surface area contributed by atoms with Crippen molar-refractivity contribution in [2.24, 2.45) is 5.73 Å². The van der Waals surface area contributed by atoms with Crippen LogP contribution < -0.4 is 11.1 Å². The van der Waals surface area contributed by atoms with Gasteiger partial charge in [-0.1, -0.05) is 24.3 Å². The number of amides is 2. The maximum Gasteiger partial charge on any atom is 0.235 e. The smallest absolute Gasteiger partial charge is 0.235 e. The Morgan fingerprint density at radius 2 is 2.00 bits per heavy atom. The largest absolute Gasteiger partial charge is 0.368 e. The van der Waals surface area contributed by atoms with Crippen LogP contribution in [0, 0.1) is 0 Å². The van der Waals surface area contributed by atoms with E-state index in [0.29, 0.717) is 25.9 Å². The van der Waals surface area contributed by atoms with Gasteiger partial charge >= 0.3 is 0 Å². The van der Waals surface area contributed by atoms with Crippen LogP contribution in [0.1, 0.15) is 31.4 Å². The van der Waals surface area contributed by atoms with Crippen LogP contribution in [0.15, 0.2) is 24.3 Å². The van der Waals surface area contributed by atoms with Crippen molar-refractivity contribution in [3.8, 4) is 0 Å². The van der Waals surface area contributed by atoms with Crippen molar-refractivity contribution in [3.05, 3.63) is 35.4 Å². The van der Waals surface area contributed by atoms with Gasteiger partial charge in [-0.25, -0.2) is 0 Å².